The van der Waals surface area contributed by atoms with Gasteiger partial charge in [0.25, 0.3) is 11.8 Å². The number of ether oxygens (including phenoxy) is 1. The van der Waals surface area contributed by atoms with Crippen LogP contribution in [0.4, 0.5) is 9.39 Å². The Morgan fingerprint density at radius 2 is 1.78 bits per heavy atom. The van der Waals surface area contributed by atoms with E-state index in [0.717, 1.165) is 10.4 Å². The van der Waals surface area contributed by atoms with Crippen molar-refractivity contribution < 1.29 is 18.7 Å². The fourth-order valence-electron chi connectivity index (χ4n) is 2.66. The molecule has 0 aliphatic rings. The minimum Gasteiger partial charge on any atom is -0.484 e. The summed E-state index contributed by atoms with van der Waals surface area (Å²) in [6.07, 6.45) is 0. The lowest BCUT2D eigenvalue weighted by molar-refractivity contribution is -0.118. The Morgan fingerprint density at radius 1 is 1.11 bits per heavy atom. The summed E-state index contributed by atoms with van der Waals surface area (Å²) in [6, 6.07) is 14.7. The van der Waals surface area contributed by atoms with Crippen molar-refractivity contribution in [3.63, 3.8) is 0 Å². The number of amides is 2. The van der Waals surface area contributed by atoms with Gasteiger partial charge in [0.05, 0.1) is 5.56 Å². The SMILES string of the molecule is Cc1sc(NC(=O)COc2ccc(F)cc2)c(C(N)=O)c1-c1ccccc1. The number of nitrogens with two attached hydrogens (primary N) is 1. The molecule has 1 aromatic heterocycles. The van der Waals surface area contributed by atoms with Crippen LogP contribution in [-0.4, -0.2) is 18.4 Å². The summed E-state index contributed by atoms with van der Waals surface area (Å²) in [4.78, 5) is 25.1. The predicted molar refractivity (Wildman–Crippen MR) is 104 cm³/mol. The molecule has 3 rings (SSSR count). The van der Waals surface area contributed by atoms with Crippen LogP contribution >= 0.6 is 11.3 Å². The molecule has 3 aromatic rings. The average molecular weight is 384 g/mol. The summed E-state index contributed by atoms with van der Waals surface area (Å²) in [6.45, 7) is 1.59. The number of thiophene rings is 1. The van der Waals surface area contributed by atoms with Crippen LogP contribution in [0.2, 0.25) is 0 Å². The van der Waals surface area contributed by atoms with Gasteiger partial charge in [-0.1, -0.05) is 30.3 Å². The minimum absolute atomic E-state index is 0.276. The molecule has 0 unspecified atom stereocenters. The molecular weight excluding hydrogens is 367 g/mol. The second-order valence-corrected chi connectivity index (χ2v) is 6.98. The van der Waals surface area contributed by atoms with Crippen LogP contribution < -0.4 is 15.8 Å². The maximum Gasteiger partial charge on any atom is 0.262 e. The van der Waals surface area contributed by atoms with Crippen molar-refractivity contribution in [2.75, 3.05) is 11.9 Å². The van der Waals surface area contributed by atoms with Gasteiger partial charge in [-0.15, -0.1) is 11.3 Å². The molecule has 0 spiro atoms. The smallest absolute Gasteiger partial charge is 0.262 e. The Hall–Kier alpha value is -3.19. The second kappa shape index (κ2) is 8.01. The summed E-state index contributed by atoms with van der Waals surface area (Å²) in [5.74, 6) is -1.08. The fraction of sp³-hybridized carbons (Fsp3) is 0.100. The van der Waals surface area contributed by atoms with Crippen LogP contribution in [0.3, 0.4) is 0 Å². The van der Waals surface area contributed by atoms with Gasteiger partial charge in [-0.3, -0.25) is 9.59 Å². The highest BCUT2D eigenvalue weighted by atomic mass is 32.1. The molecule has 5 nitrogen and oxygen atoms in total. The van der Waals surface area contributed by atoms with E-state index < -0.39 is 11.8 Å². The van der Waals surface area contributed by atoms with Gasteiger partial charge in [0, 0.05) is 10.4 Å². The lowest BCUT2D eigenvalue weighted by Gasteiger charge is -2.08. The van der Waals surface area contributed by atoms with Gasteiger partial charge in [-0.05, 0) is 36.8 Å². The Balaban J connectivity index is 1.79. The Bertz CT molecular complexity index is 969. The van der Waals surface area contributed by atoms with Crippen molar-refractivity contribution in [3.05, 3.63) is 70.9 Å². The summed E-state index contributed by atoms with van der Waals surface area (Å²) >= 11 is 1.28. The van der Waals surface area contributed by atoms with Crippen LogP contribution in [0.5, 0.6) is 5.75 Å². The van der Waals surface area contributed by atoms with E-state index in [9.17, 15) is 14.0 Å². The van der Waals surface area contributed by atoms with Crippen LogP contribution in [0.25, 0.3) is 11.1 Å². The molecule has 0 fully saturated rings. The first kappa shape index (κ1) is 18.6. The van der Waals surface area contributed by atoms with Gasteiger partial charge < -0.3 is 15.8 Å². The standard InChI is InChI=1S/C20H17FN2O3S/c1-12-17(13-5-3-2-4-6-13)18(19(22)25)20(27-12)23-16(24)11-26-15-9-7-14(21)8-10-15/h2-10H,11H2,1H3,(H2,22,25)(H,23,24). The number of rotatable bonds is 6. The largest absolute Gasteiger partial charge is 0.484 e. The topological polar surface area (TPSA) is 81.4 Å². The third kappa shape index (κ3) is 4.32. The molecule has 1 heterocycles. The first-order valence-electron chi connectivity index (χ1n) is 8.12. The van der Waals surface area contributed by atoms with Gasteiger partial charge in [-0.2, -0.15) is 0 Å². The number of carbonyl (C=O) groups excluding carboxylic acids is 2. The van der Waals surface area contributed by atoms with E-state index in [4.69, 9.17) is 10.5 Å². The number of carbonyl (C=O) groups is 2. The molecule has 0 aliphatic heterocycles. The highest BCUT2D eigenvalue weighted by Crippen LogP contribution is 2.39. The number of aryl methyl sites for hydroxylation is 1. The Morgan fingerprint density at radius 3 is 2.41 bits per heavy atom. The molecule has 0 saturated carbocycles. The van der Waals surface area contributed by atoms with E-state index in [1.807, 2.05) is 37.3 Å². The highest BCUT2D eigenvalue weighted by molar-refractivity contribution is 7.17. The summed E-state index contributed by atoms with van der Waals surface area (Å²) in [5, 5.41) is 3.07. The first-order valence-corrected chi connectivity index (χ1v) is 8.94. The van der Waals surface area contributed by atoms with Gasteiger partial charge >= 0.3 is 0 Å². The second-order valence-electron chi connectivity index (χ2n) is 5.76. The quantitative estimate of drug-likeness (QED) is 0.674. The number of halogens is 1. The van der Waals surface area contributed by atoms with Crippen molar-refractivity contribution in [3.8, 4) is 16.9 Å². The number of hydrogen-bond acceptors (Lipinski definition) is 4. The molecule has 0 atom stereocenters. The van der Waals surface area contributed by atoms with Crippen LogP contribution in [0.1, 0.15) is 15.2 Å². The van der Waals surface area contributed by atoms with E-state index in [1.54, 1.807) is 0 Å². The summed E-state index contributed by atoms with van der Waals surface area (Å²) in [5.41, 5.74) is 7.41. The number of hydrogen-bond donors (Lipinski definition) is 2. The summed E-state index contributed by atoms with van der Waals surface area (Å²) in [7, 11) is 0. The van der Waals surface area contributed by atoms with Crippen molar-refractivity contribution in [2.24, 2.45) is 5.73 Å². The van der Waals surface area contributed by atoms with Crippen LogP contribution in [0.15, 0.2) is 54.6 Å². The normalized spacial score (nSPS) is 10.4. The van der Waals surface area contributed by atoms with E-state index in [1.165, 1.54) is 35.6 Å². The molecule has 2 aromatic carbocycles. The molecule has 0 saturated heterocycles. The minimum atomic E-state index is -0.618. The number of anilines is 1. The number of primary amides is 1. The molecule has 0 bridgehead atoms. The number of benzene rings is 2. The third-order valence-electron chi connectivity index (χ3n) is 3.83. The van der Waals surface area contributed by atoms with E-state index in [-0.39, 0.29) is 18.0 Å². The average Bonchev–Trinajstić information content (AvgIpc) is 2.98. The zero-order chi connectivity index (χ0) is 19.4. The Labute approximate surface area is 159 Å². The van der Waals surface area contributed by atoms with Crippen molar-refractivity contribution in [1.82, 2.24) is 0 Å². The van der Waals surface area contributed by atoms with Crippen molar-refractivity contribution in [2.45, 2.75) is 6.92 Å². The fourth-order valence-corrected chi connectivity index (χ4v) is 3.76. The number of nitrogens with one attached hydrogen (secondary N) is 1. The highest BCUT2D eigenvalue weighted by Gasteiger charge is 2.22. The molecule has 3 N–H and O–H groups in total. The van der Waals surface area contributed by atoms with Gasteiger partial charge in [0.2, 0.25) is 0 Å². The zero-order valence-corrected chi connectivity index (χ0v) is 15.3. The first-order chi connectivity index (χ1) is 13.0. The monoisotopic (exact) mass is 384 g/mol. The van der Waals surface area contributed by atoms with E-state index >= 15 is 0 Å². The maximum absolute atomic E-state index is 12.9. The molecule has 7 heteroatoms. The lowest BCUT2D eigenvalue weighted by atomic mass is 10.0. The van der Waals surface area contributed by atoms with Gasteiger partial charge in [0.15, 0.2) is 6.61 Å². The Kier molecular flexibility index (Phi) is 5.52. The van der Waals surface area contributed by atoms with Gasteiger partial charge in [0.1, 0.15) is 16.6 Å². The molecule has 27 heavy (non-hydrogen) atoms. The zero-order valence-electron chi connectivity index (χ0n) is 14.5. The van der Waals surface area contributed by atoms with Crippen LogP contribution in [-0.2, 0) is 4.79 Å². The molecule has 138 valence electrons. The third-order valence-corrected chi connectivity index (χ3v) is 4.85. The predicted octanol–water partition coefficient (Wildman–Crippen LogP) is 3.98. The van der Waals surface area contributed by atoms with Crippen LogP contribution in [0, 0.1) is 12.7 Å². The molecule has 0 aliphatic carbocycles. The lowest BCUT2D eigenvalue weighted by Crippen LogP contribution is -2.22. The summed E-state index contributed by atoms with van der Waals surface area (Å²) < 4.78 is 18.2. The van der Waals surface area contributed by atoms with Crippen molar-refractivity contribution in [1.29, 1.82) is 0 Å². The molecule has 0 radical (unpaired) electrons. The van der Waals surface area contributed by atoms with E-state index in [0.29, 0.717) is 16.3 Å². The maximum atomic E-state index is 12.9. The van der Waals surface area contributed by atoms with E-state index in [2.05, 4.69) is 5.32 Å². The molecular formula is C20H17FN2O3S. The van der Waals surface area contributed by atoms with Gasteiger partial charge in [-0.25, -0.2) is 4.39 Å². The molecule has 2 amide bonds. The van der Waals surface area contributed by atoms with Crippen molar-refractivity contribution >= 4 is 28.2 Å².